The molecular weight excluding hydrogens is 252 g/mol. The number of aryl methyl sites for hydroxylation is 1. The van der Waals surface area contributed by atoms with Gasteiger partial charge in [0.2, 0.25) is 5.91 Å². The summed E-state index contributed by atoms with van der Waals surface area (Å²) in [5.74, 6) is -0.287. The molecule has 0 aliphatic heterocycles. The fraction of sp³-hybridized carbons (Fsp3) is 0.667. The van der Waals surface area contributed by atoms with Crippen molar-refractivity contribution in [1.82, 2.24) is 15.1 Å². The summed E-state index contributed by atoms with van der Waals surface area (Å²) < 4.78 is 1.87. The zero-order valence-electron chi connectivity index (χ0n) is 10.7. The number of aromatic nitrogens is 2. The van der Waals surface area contributed by atoms with Crippen LogP contribution in [0.5, 0.6) is 0 Å². The molecule has 0 saturated heterocycles. The largest absolute Gasteiger partial charge is 0.368 e. The Morgan fingerprint density at radius 1 is 1.72 bits per heavy atom. The summed E-state index contributed by atoms with van der Waals surface area (Å²) in [6.45, 7) is 1.88. The molecule has 1 fully saturated rings. The molecule has 1 aromatic heterocycles. The maximum Gasteiger partial charge on any atom is 0.237 e. The van der Waals surface area contributed by atoms with Gasteiger partial charge in [-0.2, -0.15) is 5.10 Å². The Bertz CT molecular complexity index is 439. The Balaban J connectivity index is 2.23. The van der Waals surface area contributed by atoms with Gasteiger partial charge in [-0.3, -0.25) is 9.48 Å². The quantitative estimate of drug-likeness (QED) is 0.872. The Morgan fingerprint density at radius 2 is 2.44 bits per heavy atom. The normalized spacial score (nSPS) is 28.3. The number of carbonyl (C=O) groups excluding carboxylic acids is 1. The van der Waals surface area contributed by atoms with Crippen LogP contribution in [0.1, 0.15) is 37.4 Å². The first-order valence-electron chi connectivity index (χ1n) is 6.18. The van der Waals surface area contributed by atoms with Gasteiger partial charge in [0.15, 0.2) is 0 Å². The smallest absolute Gasteiger partial charge is 0.237 e. The first-order chi connectivity index (χ1) is 8.48. The van der Waals surface area contributed by atoms with Crippen LogP contribution >= 0.6 is 11.6 Å². The summed E-state index contributed by atoms with van der Waals surface area (Å²) >= 11 is 6.03. The van der Waals surface area contributed by atoms with E-state index >= 15 is 0 Å². The van der Waals surface area contributed by atoms with Crippen LogP contribution in [0.4, 0.5) is 0 Å². The van der Waals surface area contributed by atoms with E-state index in [1.54, 1.807) is 7.05 Å². The second-order valence-electron chi connectivity index (χ2n) is 4.99. The number of primary amides is 1. The van der Waals surface area contributed by atoms with Gasteiger partial charge in [-0.25, -0.2) is 0 Å². The van der Waals surface area contributed by atoms with Crippen molar-refractivity contribution >= 4 is 17.5 Å². The third-order valence-electron chi connectivity index (χ3n) is 3.91. The molecule has 1 aliphatic rings. The van der Waals surface area contributed by atoms with Crippen LogP contribution in [0.25, 0.3) is 0 Å². The lowest BCUT2D eigenvalue weighted by molar-refractivity contribution is -0.126. The van der Waals surface area contributed by atoms with Gasteiger partial charge in [0.25, 0.3) is 0 Å². The lowest BCUT2D eigenvalue weighted by Gasteiger charge is -2.38. The summed E-state index contributed by atoms with van der Waals surface area (Å²) in [4.78, 5) is 11.7. The first kappa shape index (κ1) is 13.4. The van der Waals surface area contributed by atoms with Gasteiger partial charge in [-0.1, -0.05) is 11.6 Å². The van der Waals surface area contributed by atoms with Crippen molar-refractivity contribution in [2.24, 2.45) is 5.73 Å². The summed E-state index contributed by atoms with van der Waals surface area (Å²) in [5.41, 5.74) is 5.73. The zero-order chi connectivity index (χ0) is 13.3. The highest BCUT2D eigenvalue weighted by Gasteiger charge is 2.40. The van der Waals surface area contributed by atoms with Crippen LogP contribution in [0, 0.1) is 6.92 Å². The molecule has 0 bridgehead atoms. The van der Waals surface area contributed by atoms with Crippen molar-refractivity contribution < 1.29 is 4.79 Å². The number of nitrogens with two attached hydrogens (primary N) is 1. The Labute approximate surface area is 112 Å². The van der Waals surface area contributed by atoms with Crippen LogP contribution in [-0.4, -0.2) is 28.3 Å². The number of amides is 1. The van der Waals surface area contributed by atoms with Gasteiger partial charge in [-0.05, 0) is 39.7 Å². The van der Waals surface area contributed by atoms with Crippen molar-refractivity contribution in [3.63, 3.8) is 0 Å². The van der Waals surface area contributed by atoms with E-state index in [0.717, 1.165) is 25.0 Å². The molecule has 2 rings (SSSR count). The highest BCUT2D eigenvalue weighted by molar-refractivity contribution is 6.31. The predicted molar refractivity (Wildman–Crippen MR) is 70.5 cm³/mol. The molecule has 6 heteroatoms. The molecule has 18 heavy (non-hydrogen) atoms. The fourth-order valence-corrected chi connectivity index (χ4v) is 2.83. The van der Waals surface area contributed by atoms with Gasteiger partial charge in [0.05, 0.1) is 22.3 Å². The van der Waals surface area contributed by atoms with Gasteiger partial charge in [-0.15, -0.1) is 0 Å². The summed E-state index contributed by atoms with van der Waals surface area (Å²) in [6.07, 6.45) is 5.22. The van der Waals surface area contributed by atoms with Gasteiger partial charge in [0.1, 0.15) is 0 Å². The molecule has 0 radical (unpaired) electrons. The van der Waals surface area contributed by atoms with Crippen molar-refractivity contribution in [2.75, 3.05) is 7.05 Å². The number of hydrogen-bond acceptors (Lipinski definition) is 3. The highest BCUT2D eigenvalue weighted by atomic mass is 35.5. The fourth-order valence-electron chi connectivity index (χ4n) is 2.69. The van der Waals surface area contributed by atoms with Gasteiger partial charge < -0.3 is 11.1 Å². The third kappa shape index (κ3) is 2.24. The van der Waals surface area contributed by atoms with E-state index in [0.29, 0.717) is 11.4 Å². The van der Waals surface area contributed by atoms with E-state index in [4.69, 9.17) is 17.3 Å². The van der Waals surface area contributed by atoms with E-state index in [9.17, 15) is 4.79 Å². The Hall–Kier alpha value is -1.07. The minimum Gasteiger partial charge on any atom is -0.368 e. The Kier molecular flexibility index (Phi) is 3.64. The maximum absolute atomic E-state index is 11.7. The van der Waals surface area contributed by atoms with Crippen LogP contribution < -0.4 is 11.1 Å². The van der Waals surface area contributed by atoms with E-state index in [1.807, 2.05) is 17.8 Å². The molecule has 1 heterocycles. The van der Waals surface area contributed by atoms with Crippen molar-refractivity contribution in [3.8, 4) is 0 Å². The predicted octanol–water partition coefficient (Wildman–Crippen LogP) is 1.40. The second kappa shape index (κ2) is 4.90. The minimum atomic E-state index is -0.616. The number of carbonyl (C=O) groups is 1. The molecule has 1 amide bonds. The second-order valence-corrected chi connectivity index (χ2v) is 5.40. The average Bonchev–Trinajstić information content (AvgIpc) is 2.69. The number of likely N-dealkylation sites (N-methyl/N-ethyl adjacent to an activating group) is 1. The van der Waals surface area contributed by atoms with Crippen molar-refractivity contribution in [3.05, 3.63) is 16.9 Å². The average molecular weight is 271 g/mol. The van der Waals surface area contributed by atoms with Crippen LogP contribution in [0.15, 0.2) is 6.20 Å². The molecule has 0 spiro atoms. The Morgan fingerprint density at radius 3 is 2.94 bits per heavy atom. The molecule has 0 aromatic carbocycles. The standard InChI is InChI=1S/C12H19ClN4O/c1-8-10(13)7-17(16-8)9-4-3-5-12(6-9,15-2)11(14)18/h7,9,15H,3-6H2,1-2H3,(H2,14,18). The van der Waals surface area contributed by atoms with Crippen LogP contribution in [-0.2, 0) is 4.79 Å². The number of nitrogens with one attached hydrogen (secondary N) is 1. The zero-order valence-corrected chi connectivity index (χ0v) is 11.5. The number of halogens is 1. The summed E-state index contributed by atoms with van der Waals surface area (Å²) in [7, 11) is 1.79. The number of nitrogens with zero attached hydrogens (tertiary/aromatic N) is 2. The lowest BCUT2D eigenvalue weighted by Crippen LogP contribution is -2.56. The number of rotatable bonds is 3. The van der Waals surface area contributed by atoms with Crippen LogP contribution in [0.2, 0.25) is 5.02 Å². The van der Waals surface area contributed by atoms with Crippen molar-refractivity contribution in [1.29, 1.82) is 0 Å². The summed E-state index contributed by atoms with van der Waals surface area (Å²) in [5, 5.41) is 8.15. The topological polar surface area (TPSA) is 72.9 Å². The van der Waals surface area contributed by atoms with E-state index < -0.39 is 5.54 Å². The monoisotopic (exact) mass is 270 g/mol. The molecular formula is C12H19ClN4O. The van der Waals surface area contributed by atoms with Gasteiger partial charge >= 0.3 is 0 Å². The SMILES string of the molecule is CNC1(C(N)=O)CCCC(n2cc(Cl)c(C)n2)C1. The third-order valence-corrected chi connectivity index (χ3v) is 4.28. The highest BCUT2D eigenvalue weighted by Crippen LogP contribution is 2.35. The molecule has 1 aromatic rings. The van der Waals surface area contributed by atoms with E-state index in [2.05, 4.69) is 10.4 Å². The molecule has 1 aliphatic carbocycles. The lowest BCUT2D eigenvalue weighted by atomic mass is 9.78. The van der Waals surface area contributed by atoms with Crippen molar-refractivity contribution in [2.45, 2.75) is 44.2 Å². The molecule has 5 nitrogen and oxygen atoms in total. The van der Waals surface area contributed by atoms with E-state index in [-0.39, 0.29) is 11.9 Å². The molecule has 1 saturated carbocycles. The maximum atomic E-state index is 11.7. The van der Waals surface area contributed by atoms with Gasteiger partial charge in [0, 0.05) is 6.20 Å². The van der Waals surface area contributed by atoms with E-state index in [1.165, 1.54) is 0 Å². The minimum absolute atomic E-state index is 0.171. The number of hydrogen-bond donors (Lipinski definition) is 2. The molecule has 2 unspecified atom stereocenters. The summed E-state index contributed by atoms with van der Waals surface area (Å²) in [6, 6.07) is 0.171. The molecule has 2 atom stereocenters. The van der Waals surface area contributed by atoms with Crippen LogP contribution in [0.3, 0.4) is 0 Å². The first-order valence-corrected chi connectivity index (χ1v) is 6.56. The molecule has 3 N–H and O–H groups in total. The molecule has 100 valence electrons.